The highest BCUT2D eigenvalue weighted by Gasteiger charge is 2.51. The molecule has 1 aromatic rings. The lowest BCUT2D eigenvalue weighted by Gasteiger charge is -2.19. The monoisotopic (exact) mass is 306 g/mol. The number of benzene rings is 1. The lowest BCUT2D eigenvalue weighted by Crippen LogP contribution is -2.42. The molecule has 0 spiro atoms. The lowest BCUT2D eigenvalue weighted by atomic mass is 9.95. The molecule has 2 amide bonds. The molecule has 2 fully saturated rings. The molecule has 1 heterocycles. The van der Waals surface area contributed by atoms with Crippen molar-refractivity contribution >= 4 is 23.4 Å². The molecule has 1 saturated heterocycles. The molecule has 2 aliphatic rings. The van der Waals surface area contributed by atoms with Gasteiger partial charge in [0.2, 0.25) is 11.8 Å². The van der Waals surface area contributed by atoms with Crippen LogP contribution in [0, 0.1) is 0 Å². The van der Waals surface area contributed by atoms with Gasteiger partial charge in [0, 0.05) is 18.1 Å². The first kappa shape index (κ1) is 14.4. The molecule has 3 rings (SSSR count). The first-order chi connectivity index (χ1) is 10.1. The highest BCUT2D eigenvalue weighted by molar-refractivity contribution is 6.30. The zero-order valence-corrected chi connectivity index (χ0v) is 12.7. The summed E-state index contributed by atoms with van der Waals surface area (Å²) in [5.74, 6) is -0.0416. The average molecular weight is 307 g/mol. The van der Waals surface area contributed by atoms with Gasteiger partial charge in [-0.05, 0) is 43.4 Å². The van der Waals surface area contributed by atoms with Crippen LogP contribution in [0.2, 0.25) is 5.02 Å². The largest absolute Gasteiger partial charge is 0.346 e. The van der Waals surface area contributed by atoms with Gasteiger partial charge in [-0.25, -0.2) is 0 Å². The minimum Gasteiger partial charge on any atom is -0.346 e. The van der Waals surface area contributed by atoms with Gasteiger partial charge in [-0.1, -0.05) is 23.7 Å². The van der Waals surface area contributed by atoms with Crippen molar-refractivity contribution in [1.82, 2.24) is 10.2 Å². The van der Waals surface area contributed by atoms with Gasteiger partial charge in [-0.3, -0.25) is 9.59 Å². The third kappa shape index (κ3) is 2.91. The van der Waals surface area contributed by atoms with Gasteiger partial charge in [-0.15, -0.1) is 0 Å². The highest BCUT2D eigenvalue weighted by atomic mass is 35.5. The molecule has 1 aliphatic heterocycles. The van der Waals surface area contributed by atoms with Crippen LogP contribution in [-0.4, -0.2) is 36.3 Å². The minimum atomic E-state index is -0.476. The van der Waals surface area contributed by atoms with Gasteiger partial charge in [-0.2, -0.15) is 0 Å². The Labute approximate surface area is 129 Å². The number of likely N-dealkylation sites (tertiary alicyclic amines) is 1. The van der Waals surface area contributed by atoms with Crippen LogP contribution in [0.4, 0.5) is 0 Å². The van der Waals surface area contributed by atoms with E-state index in [-0.39, 0.29) is 18.4 Å². The molecule has 0 unspecified atom stereocenters. The third-order valence-corrected chi connectivity index (χ3v) is 4.66. The zero-order valence-electron chi connectivity index (χ0n) is 11.9. The van der Waals surface area contributed by atoms with Crippen LogP contribution in [0.15, 0.2) is 24.3 Å². The van der Waals surface area contributed by atoms with Crippen LogP contribution >= 0.6 is 11.6 Å². The Morgan fingerprint density at radius 1 is 1.24 bits per heavy atom. The zero-order chi connectivity index (χ0) is 14.9. The smallest absolute Gasteiger partial charge is 0.241 e. The average Bonchev–Trinajstić information content (AvgIpc) is 3.12. The van der Waals surface area contributed by atoms with Crippen LogP contribution in [0.25, 0.3) is 0 Å². The fraction of sp³-hybridized carbons (Fsp3) is 0.500. The minimum absolute atomic E-state index is 0.0164. The summed E-state index contributed by atoms with van der Waals surface area (Å²) >= 11 is 6.00. The summed E-state index contributed by atoms with van der Waals surface area (Å²) in [4.78, 5) is 26.2. The van der Waals surface area contributed by atoms with Gasteiger partial charge in [0.25, 0.3) is 0 Å². The van der Waals surface area contributed by atoms with Crippen LogP contribution in [-0.2, 0) is 15.0 Å². The molecule has 1 N–H and O–H groups in total. The number of amides is 2. The standard InChI is InChI=1S/C16H19ClN2O2/c17-13-5-3-4-12(10-13)16(6-7-16)15(21)18-11-14(20)19-8-1-2-9-19/h3-5,10H,1-2,6-9,11H2,(H,18,21). The first-order valence-electron chi connectivity index (χ1n) is 7.44. The van der Waals surface area contributed by atoms with Crippen molar-refractivity contribution in [2.24, 2.45) is 0 Å². The predicted molar refractivity (Wildman–Crippen MR) is 81.2 cm³/mol. The van der Waals surface area contributed by atoms with Crippen molar-refractivity contribution in [3.63, 3.8) is 0 Å². The Balaban J connectivity index is 1.61. The van der Waals surface area contributed by atoms with Crippen molar-refractivity contribution in [3.05, 3.63) is 34.9 Å². The van der Waals surface area contributed by atoms with E-state index in [0.29, 0.717) is 5.02 Å². The molecular formula is C16H19ClN2O2. The maximum atomic E-state index is 12.4. The number of carbonyl (C=O) groups is 2. The van der Waals surface area contributed by atoms with E-state index >= 15 is 0 Å². The van der Waals surface area contributed by atoms with Gasteiger partial charge in [0.05, 0.1) is 12.0 Å². The maximum absolute atomic E-state index is 12.4. The highest BCUT2D eigenvalue weighted by Crippen LogP contribution is 2.48. The van der Waals surface area contributed by atoms with E-state index in [1.54, 1.807) is 6.07 Å². The van der Waals surface area contributed by atoms with Crippen molar-refractivity contribution < 1.29 is 9.59 Å². The van der Waals surface area contributed by atoms with E-state index in [4.69, 9.17) is 11.6 Å². The Kier molecular flexibility index (Phi) is 3.89. The number of nitrogens with one attached hydrogen (secondary N) is 1. The van der Waals surface area contributed by atoms with E-state index in [9.17, 15) is 9.59 Å². The van der Waals surface area contributed by atoms with Gasteiger partial charge < -0.3 is 10.2 Å². The summed E-state index contributed by atoms with van der Waals surface area (Å²) in [5.41, 5.74) is 0.469. The Morgan fingerprint density at radius 2 is 1.95 bits per heavy atom. The summed E-state index contributed by atoms with van der Waals surface area (Å²) in [6.07, 6.45) is 3.76. The Morgan fingerprint density at radius 3 is 2.57 bits per heavy atom. The lowest BCUT2D eigenvalue weighted by molar-refractivity contribution is -0.132. The summed E-state index contributed by atoms with van der Waals surface area (Å²) in [6, 6.07) is 7.44. The number of nitrogens with zero attached hydrogens (tertiary/aromatic N) is 1. The van der Waals surface area contributed by atoms with Crippen molar-refractivity contribution in [1.29, 1.82) is 0 Å². The number of hydrogen-bond donors (Lipinski definition) is 1. The van der Waals surface area contributed by atoms with Crippen molar-refractivity contribution in [2.75, 3.05) is 19.6 Å². The summed E-state index contributed by atoms with van der Waals surface area (Å²) in [7, 11) is 0. The van der Waals surface area contributed by atoms with Crippen molar-refractivity contribution in [3.8, 4) is 0 Å². The molecule has 0 radical (unpaired) electrons. The molecule has 21 heavy (non-hydrogen) atoms. The van der Waals surface area contributed by atoms with Crippen LogP contribution in [0.1, 0.15) is 31.2 Å². The summed E-state index contributed by atoms with van der Waals surface area (Å²) < 4.78 is 0. The molecule has 0 bridgehead atoms. The number of rotatable bonds is 4. The second-order valence-corrected chi connectivity index (χ2v) is 6.30. The third-order valence-electron chi connectivity index (χ3n) is 4.42. The molecule has 0 aromatic heterocycles. The molecule has 1 saturated carbocycles. The van der Waals surface area contributed by atoms with Crippen LogP contribution in [0.5, 0.6) is 0 Å². The number of hydrogen-bond acceptors (Lipinski definition) is 2. The molecule has 4 nitrogen and oxygen atoms in total. The second kappa shape index (κ2) is 5.68. The Bertz CT molecular complexity index is 563. The molecular weight excluding hydrogens is 288 g/mol. The van der Waals surface area contributed by atoms with E-state index in [1.165, 1.54) is 0 Å². The first-order valence-corrected chi connectivity index (χ1v) is 7.82. The molecule has 5 heteroatoms. The van der Waals surface area contributed by atoms with E-state index < -0.39 is 5.41 Å². The maximum Gasteiger partial charge on any atom is 0.241 e. The van der Waals surface area contributed by atoms with E-state index in [2.05, 4.69) is 5.32 Å². The van der Waals surface area contributed by atoms with Crippen LogP contribution < -0.4 is 5.32 Å². The SMILES string of the molecule is O=C(CNC(=O)C1(c2cccc(Cl)c2)CC1)N1CCCC1. The van der Waals surface area contributed by atoms with E-state index in [1.807, 2.05) is 23.1 Å². The molecule has 112 valence electrons. The summed E-state index contributed by atoms with van der Waals surface area (Å²) in [5, 5.41) is 3.45. The van der Waals surface area contributed by atoms with E-state index in [0.717, 1.165) is 44.3 Å². The second-order valence-electron chi connectivity index (χ2n) is 5.86. The quantitative estimate of drug-likeness (QED) is 0.926. The van der Waals surface area contributed by atoms with Crippen LogP contribution in [0.3, 0.4) is 0 Å². The fourth-order valence-corrected chi connectivity index (χ4v) is 3.15. The van der Waals surface area contributed by atoms with Gasteiger partial charge >= 0.3 is 0 Å². The van der Waals surface area contributed by atoms with Gasteiger partial charge in [0.15, 0.2) is 0 Å². The molecule has 1 aliphatic carbocycles. The normalized spacial score (nSPS) is 19.4. The topological polar surface area (TPSA) is 49.4 Å². The molecule has 1 aromatic carbocycles. The number of halogens is 1. The van der Waals surface area contributed by atoms with Crippen molar-refractivity contribution in [2.45, 2.75) is 31.1 Å². The predicted octanol–water partition coefficient (Wildman–Crippen LogP) is 2.11. The fourth-order valence-electron chi connectivity index (χ4n) is 2.96. The summed E-state index contributed by atoms with van der Waals surface area (Å²) in [6.45, 7) is 1.73. The molecule has 0 atom stereocenters. The Hall–Kier alpha value is -1.55. The number of carbonyl (C=O) groups excluding carboxylic acids is 2. The van der Waals surface area contributed by atoms with Gasteiger partial charge in [0.1, 0.15) is 0 Å².